The maximum atomic E-state index is 11.9. The third-order valence-electron chi connectivity index (χ3n) is 2.99. The van der Waals surface area contributed by atoms with Crippen molar-refractivity contribution < 1.29 is 9.53 Å². The number of nitrogens with zero attached hydrogens (tertiary/aromatic N) is 1. The maximum Gasteiger partial charge on any atom is 0.260 e. The van der Waals surface area contributed by atoms with E-state index in [1.807, 2.05) is 0 Å². The standard InChI is InChI=1S/C13H17ClN2O2/c14-10-3-5-12(6-4-10)18-9-13(17)16-7-1-2-11(15)8-16/h3-6,11H,1-2,7-9,15H2/t11-/m0/s1. The van der Waals surface area contributed by atoms with Gasteiger partial charge in [-0.25, -0.2) is 0 Å². The summed E-state index contributed by atoms with van der Waals surface area (Å²) in [7, 11) is 0. The number of rotatable bonds is 3. The minimum Gasteiger partial charge on any atom is -0.484 e. The van der Waals surface area contributed by atoms with Crippen molar-refractivity contribution in [2.45, 2.75) is 18.9 Å². The van der Waals surface area contributed by atoms with Crippen LogP contribution in [0.3, 0.4) is 0 Å². The largest absolute Gasteiger partial charge is 0.484 e. The normalized spacial score (nSPS) is 19.7. The highest BCUT2D eigenvalue weighted by Gasteiger charge is 2.21. The van der Waals surface area contributed by atoms with Crippen LogP contribution in [0.5, 0.6) is 5.75 Å². The second-order valence-corrected chi connectivity index (χ2v) is 4.92. The number of ether oxygens (including phenoxy) is 1. The van der Waals surface area contributed by atoms with Gasteiger partial charge in [-0.1, -0.05) is 11.6 Å². The smallest absolute Gasteiger partial charge is 0.260 e. The predicted octanol–water partition coefficient (Wildman–Crippen LogP) is 1.67. The highest BCUT2D eigenvalue weighted by atomic mass is 35.5. The molecule has 5 heteroatoms. The van der Waals surface area contributed by atoms with Gasteiger partial charge in [0.15, 0.2) is 6.61 Å². The van der Waals surface area contributed by atoms with Crippen molar-refractivity contribution in [3.8, 4) is 5.75 Å². The Kier molecular flexibility index (Phi) is 4.44. The lowest BCUT2D eigenvalue weighted by Crippen LogP contribution is -2.47. The zero-order valence-corrected chi connectivity index (χ0v) is 10.9. The maximum absolute atomic E-state index is 11.9. The fourth-order valence-electron chi connectivity index (χ4n) is 2.00. The van der Waals surface area contributed by atoms with Gasteiger partial charge in [-0.3, -0.25) is 4.79 Å². The molecule has 0 spiro atoms. The summed E-state index contributed by atoms with van der Waals surface area (Å²) in [5.41, 5.74) is 5.84. The minimum absolute atomic E-state index is 0.0138. The zero-order valence-electron chi connectivity index (χ0n) is 10.1. The summed E-state index contributed by atoms with van der Waals surface area (Å²) >= 11 is 5.77. The van der Waals surface area contributed by atoms with Crippen LogP contribution < -0.4 is 10.5 Å². The summed E-state index contributed by atoms with van der Waals surface area (Å²) in [6, 6.07) is 7.06. The molecular formula is C13H17ClN2O2. The van der Waals surface area contributed by atoms with Crippen LogP contribution in [0, 0.1) is 0 Å². The summed E-state index contributed by atoms with van der Waals surface area (Å²) < 4.78 is 5.42. The number of hydrogen-bond donors (Lipinski definition) is 1. The lowest BCUT2D eigenvalue weighted by atomic mass is 10.1. The molecule has 0 bridgehead atoms. The van der Waals surface area contributed by atoms with Gasteiger partial charge in [-0.05, 0) is 37.1 Å². The Morgan fingerprint density at radius 1 is 1.44 bits per heavy atom. The van der Waals surface area contributed by atoms with E-state index in [0.29, 0.717) is 17.3 Å². The first-order chi connectivity index (χ1) is 8.65. The number of amides is 1. The van der Waals surface area contributed by atoms with Gasteiger partial charge in [-0.15, -0.1) is 0 Å². The number of hydrogen-bond acceptors (Lipinski definition) is 3. The number of halogens is 1. The molecule has 1 atom stereocenters. The average Bonchev–Trinajstić information content (AvgIpc) is 2.38. The van der Waals surface area contributed by atoms with Crippen molar-refractivity contribution in [1.82, 2.24) is 4.90 Å². The molecule has 1 amide bonds. The van der Waals surface area contributed by atoms with Crippen LogP contribution in [0.4, 0.5) is 0 Å². The number of likely N-dealkylation sites (tertiary alicyclic amines) is 1. The fraction of sp³-hybridized carbons (Fsp3) is 0.462. The van der Waals surface area contributed by atoms with Gasteiger partial charge in [0.25, 0.3) is 5.91 Å². The lowest BCUT2D eigenvalue weighted by Gasteiger charge is -2.30. The third-order valence-corrected chi connectivity index (χ3v) is 3.24. The molecule has 1 aliphatic heterocycles. The molecule has 0 radical (unpaired) electrons. The first-order valence-corrected chi connectivity index (χ1v) is 6.44. The van der Waals surface area contributed by atoms with Crippen LogP contribution in [0.15, 0.2) is 24.3 Å². The Morgan fingerprint density at radius 3 is 2.83 bits per heavy atom. The molecule has 1 fully saturated rings. The molecule has 0 aliphatic carbocycles. The molecule has 1 aromatic carbocycles. The summed E-state index contributed by atoms with van der Waals surface area (Å²) in [6.45, 7) is 1.45. The molecule has 4 nitrogen and oxygen atoms in total. The highest BCUT2D eigenvalue weighted by Crippen LogP contribution is 2.16. The van der Waals surface area contributed by atoms with Crippen LogP contribution in [0.1, 0.15) is 12.8 Å². The van der Waals surface area contributed by atoms with E-state index in [9.17, 15) is 4.79 Å². The SMILES string of the molecule is N[C@H]1CCCN(C(=O)COc2ccc(Cl)cc2)C1. The number of benzene rings is 1. The van der Waals surface area contributed by atoms with E-state index >= 15 is 0 Å². The molecule has 0 unspecified atom stereocenters. The van der Waals surface area contributed by atoms with Gasteiger partial charge >= 0.3 is 0 Å². The van der Waals surface area contributed by atoms with Gasteiger partial charge in [0.05, 0.1) is 0 Å². The monoisotopic (exact) mass is 268 g/mol. The summed E-state index contributed by atoms with van der Waals surface area (Å²) in [4.78, 5) is 13.7. The molecular weight excluding hydrogens is 252 g/mol. The van der Waals surface area contributed by atoms with Gasteiger partial charge in [-0.2, -0.15) is 0 Å². The molecule has 18 heavy (non-hydrogen) atoms. The van der Waals surface area contributed by atoms with Crippen molar-refractivity contribution in [2.75, 3.05) is 19.7 Å². The predicted molar refractivity (Wildman–Crippen MR) is 70.7 cm³/mol. The van der Waals surface area contributed by atoms with E-state index in [2.05, 4.69) is 0 Å². The zero-order chi connectivity index (χ0) is 13.0. The van der Waals surface area contributed by atoms with Crippen LogP contribution in [0.25, 0.3) is 0 Å². The third kappa shape index (κ3) is 3.62. The van der Waals surface area contributed by atoms with Crippen molar-refractivity contribution in [3.05, 3.63) is 29.3 Å². The number of carbonyl (C=O) groups is 1. The molecule has 0 saturated carbocycles. The first kappa shape index (κ1) is 13.2. The Hall–Kier alpha value is -1.26. The van der Waals surface area contributed by atoms with Crippen LogP contribution in [-0.4, -0.2) is 36.5 Å². The second kappa shape index (κ2) is 6.07. The van der Waals surface area contributed by atoms with E-state index in [0.717, 1.165) is 19.4 Å². The van der Waals surface area contributed by atoms with Gasteiger partial charge in [0.1, 0.15) is 5.75 Å². The molecule has 1 aliphatic rings. The van der Waals surface area contributed by atoms with E-state index in [1.54, 1.807) is 29.2 Å². The first-order valence-electron chi connectivity index (χ1n) is 6.07. The van der Waals surface area contributed by atoms with Gasteiger partial charge in [0.2, 0.25) is 0 Å². The average molecular weight is 269 g/mol. The van der Waals surface area contributed by atoms with Crippen LogP contribution in [0.2, 0.25) is 5.02 Å². The van der Waals surface area contributed by atoms with Crippen molar-refractivity contribution in [3.63, 3.8) is 0 Å². The Labute approximate surface area is 112 Å². The topological polar surface area (TPSA) is 55.6 Å². The van der Waals surface area contributed by atoms with Gasteiger partial charge < -0.3 is 15.4 Å². The Bertz CT molecular complexity index is 408. The number of piperidine rings is 1. The van der Waals surface area contributed by atoms with Crippen molar-refractivity contribution in [1.29, 1.82) is 0 Å². The lowest BCUT2D eigenvalue weighted by molar-refractivity contribution is -0.134. The molecule has 2 rings (SSSR count). The van der Waals surface area contributed by atoms with Gasteiger partial charge in [0, 0.05) is 24.2 Å². The Morgan fingerprint density at radius 2 is 2.17 bits per heavy atom. The van der Waals surface area contributed by atoms with E-state index in [4.69, 9.17) is 22.1 Å². The minimum atomic E-state index is -0.0138. The fourth-order valence-corrected chi connectivity index (χ4v) is 2.13. The van der Waals surface area contributed by atoms with Crippen molar-refractivity contribution in [2.24, 2.45) is 5.73 Å². The quantitative estimate of drug-likeness (QED) is 0.907. The molecule has 98 valence electrons. The molecule has 1 saturated heterocycles. The van der Waals surface area contributed by atoms with Crippen LogP contribution >= 0.6 is 11.6 Å². The van der Waals surface area contributed by atoms with E-state index in [-0.39, 0.29) is 18.6 Å². The summed E-state index contributed by atoms with van der Waals surface area (Å²) in [5.74, 6) is 0.633. The second-order valence-electron chi connectivity index (χ2n) is 4.48. The summed E-state index contributed by atoms with van der Waals surface area (Å²) in [5, 5.41) is 0.649. The van der Waals surface area contributed by atoms with E-state index < -0.39 is 0 Å². The molecule has 2 N–H and O–H groups in total. The molecule has 1 heterocycles. The molecule has 1 aromatic rings. The van der Waals surface area contributed by atoms with Crippen molar-refractivity contribution >= 4 is 17.5 Å². The van der Waals surface area contributed by atoms with E-state index in [1.165, 1.54) is 0 Å². The highest BCUT2D eigenvalue weighted by molar-refractivity contribution is 6.30. The number of carbonyl (C=O) groups excluding carboxylic acids is 1. The number of nitrogens with two attached hydrogens (primary N) is 1. The van der Waals surface area contributed by atoms with Crippen LogP contribution in [-0.2, 0) is 4.79 Å². The Balaban J connectivity index is 1.82. The summed E-state index contributed by atoms with van der Waals surface area (Å²) in [6.07, 6.45) is 1.95. The molecule has 0 aromatic heterocycles.